The highest BCUT2D eigenvalue weighted by Crippen LogP contribution is 2.26. The SMILES string of the molecule is NC(=O)c1cccc2[nH]c(-c3ccc(-c4ccc(CNC5CCC5)cc4)cc3)nc12. The number of hydrogen-bond donors (Lipinski definition) is 3. The highest BCUT2D eigenvalue weighted by atomic mass is 16.1. The number of benzene rings is 3. The normalized spacial score (nSPS) is 14.0. The van der Waals surface area contributed by atoms with Crippen LogP contribution < -0.4 is 11.1 Å². The van der Waals surface area contributed by atoms with Gasteiger partial charge in [-0.2, -0.15) is 0 Å². The second kappa shape index (κ2) is 7.76. The van der Waals surface area contributed by atoms with E-state index in [1.165, 1.54) is 30.4 Å². The van der Waals surface area contributed by atoms with Crippen LogP contribution in [0.15, 0.2) is 66.7 Å². The van der Waals surface area contributed by atoms with E-state index >= 15 is 0 Å². The van der Waals surface area contributed by atoms with Crippen LogP contribution in [0.5, 0.6) is 0 Å². The molecule has 4 N–H and O–H groups in total. The van der Waals surface area contributed by atoms with Gasteiger partial charge in [-0.1, -0.05) is 61.0 Å². The molecule has 5 nitrogen and oxygen atoms in total. The van der Waals surface area contributed by atoms with E-state index in [1.54, 1.807) is 12.1 Å². The number of para-hydroxylation sites is 1. The molecule has 0 saturated heterocycles. The molecule has 1 amide bonds. The van der Waals surface area contributed by atoms with E-state index in [-0.39, 0.29) is 0 Å². The first-order chi connectivity index (χ1) is 14.7. The number of carbonyl (C=O) groups excluding carboxylic acids is 1. The van der Waals surface area contributed by atoms with E-state index in [0.29, 0.717) is 17.1 Å². The number of rotatable bonds is 6. The van der Waals surface area contributed by atoms with Gasteiger partial charge in [0.05, 0.1) is 11.1 Å². The van der Waals surface area contributed by atoms with Crippen molar-refractivity contribution in [2.75, 3.05) is 0 Å². The van der Waals surface area contributed by atoms with Crippen molar-refractivity contribution in [3.05, 3.63) is 77.9 Å². The number of aromatic amines is 1. The minimum atomic E-state index is -0.472. The number of nitrogens with one attached hydrogen (secondary N) is 2. The Balaban J connectivity index is 1.34. The number of aromatic nitrogens is 2. The molecular formula is C25H24N4O. The van der Waals surface area contributed by atoms with Crippen LogP contribution in [-0.2, 0) is 6.54 Å². The molecule has 5 rings (SSSR count). The summed E-state index contributed by atoms with van der Waals surface area (Å²) >= 11 is 0. The molecular weight excluding hydrogens is 372 g/mol. The standard InChI is InChI=1S/C25H24N4O/c26-24(30)21-5-2-6-22-23(21)29-25(28-22)19-13-11-18(12-14-19)17-9-7-16(8-10-17)15-27-20-3-1-4-20/h2,5-14,20,27H,1,3-4,15H2,(H2,26,30)(H,28,29). The molecule has 150 valence electrons. The van der Waals surface area contributed by atoms with Crippen molar-refractivity contribution >= 4 is 16.9 Å². The third kappa shape index (κ3) is 3.60. The molecule has 0 radical (unpaired) electrons. The minimum absolute atomic E-state index is 0.429. The molecule has 0 atom stereocenters. The predicted octanol–water partition coefficient (Wildman–Crippen LogP) is 4.64. The molecule has 1 heterocycles. The second-order valence-electron chi connectivity index (χ2n) is 7.93. The van der Waals surface area contributed by atoms with Gasteiger partial charge in [0, 0.05) is 18.2 Å². The molecule has 1 fully saturated rings. The number of imidazole rings is 1. The largest absolute Gasteiger partial charge is 0.366 e. The quantitative estimate of drug-likeness (QED) is 0.444. The maximum absolute atomic E-state index is 11.6. The fourth-order valence-electron chi connectivity index (χ4n) is 3.88. The van der Waals surface area contributed by atoms with Crippen LogP contribution in [0, 0.1) is 0 Å². The van der Waals surface area contributed by atoms with Crippen LogP contribution in [0.4, 0.5) is 0 Å². The highest BCUT2D eigenvalue weighted by Gasteiger charge is 2.16. The van der Waals surface area contributed by atoms with Gasteiger partial charge in [-0.05, 0) is 41.7 Å². The summed E-state index contributed by atoms with van der Waals surface area (Å²) in [7, 11) is 0. The average Bonchev–Trinajstić information content (AvgIpc) is 3.17. The zero-order valence-electron chi connectivity index (χ0n) is 16.7. The Labute approximate surface area is 175 Å². The van der Waals surface area contributed by atoms with E-state index in [4.69, 9.17) is 5.73 Å². The number of hydrogen-bond acceptors (Lipinski definition) is 3. The molecule has 4 aromatic rings. The first-order valence-electron chi connectivity index (χ1n) is 10.4. The smallest absolute Gasteiger partial charge is 0.250 e. The van der Waals surface area contributed by atoms with Crippen LogP contribution in [0.1, 0.15) is 35.2 Å². The monoisotopic (exact) mass is 396 g/mol. The highest BCUT2D eigenvalue weighted by molar-refractivity contribution is 6.04. The number of carbonyl (C=O) groups is 1. The molecule has 1 aromatic heterocycles. The number of H-pyrrole nitrogens is 1. The van der Waals surface area contributed by atoms with Crippen LogP contribution in [0.2, 0.25) is 0 Å². The van der Waals surface area contributed by atoms with E-state index in [9.17, 15) is 4.79 Å². The molecule has 3 aromatic carbocycles. The summed E-state index contributed by atoms with van der Waals surface area (Å²) < 4.78 is 0. The Bertz CT molecular complexity index is 1190. The molecule has 0 aliphatic heterocycles. The topological polar surface area (TPSA) is 83.8 Å². The van der Waals surface area contributed by atoms with Gasteiger partial charge >= 0.3 is 0 Å². The summed E-state index contributed by atoms with van der Waals surface area (Å²) in [5, 5.41) is 3.60. The Morgan fingerprint density at radius 3 is 2.27 bits per heavy atom. The van der Waals surface area contributed by atoms with Gasteiger partial charge in [-0.25, -0.2) is 4.98 Å². The summed E-state index contributed by atoms with van der Waals surface area (Å²) in [6.07, 6.45) is 3.96. The Kier molecular flexibility index (Phi) is 4.81. The minimum Gasteiger partial charge on any atom is -0.366 e. The van der Waals surface area contributed by atoms with E-state index in [0.717, 1.165) is 29.0 Å². The summed E-state index contributed by atoms with van der Waals surface area (Å²) in [5.41, 5.74) is 11.9. The molecule has 0 spiro atoms. The van der Waals surface area contributed by atoms with Crippen molar-refractivity contribution < 1.29 is 4.79 Å². The predicted molar refractivity (Wildman–Crippen MR) is 120 cm³/mol. The maximum atomic E-state index is 11.6. The maximum Gasteiger partial charge on any atom is 0.250 e. The number of fused-ring (bicyclic) bond motifs is 1. The molecule has 1 aliphatic carbocycles. The Morgan fingerprint density at radius 1 is 0.967 bits per heavy atom. The second-order valence-corrected chi connectivity index (χ2v) is 7.93. The van der Waals surface area contributed by atoms with Crippen molar-refractivity contribution in [3.63, 3.8) is 0 Å². The lowest BCUT2D eigenvalue weighted by Gasteiger charge is -2.26. The Morgan fingerprint density at radius 2 is 1.63 bits per heavy atom. The molecule has 0 bridgehead atoms. The van der Waals surface area contributed by atoms with E-state index in [2.05, 4.69) is 51.7 Å². The van der Waals surface area contributed by atoms with E-state index in [1.807, 2.05) is 18.2 Å². The van der Waals surface area contributed by atoms with Gasteiger partial charge in [0.15, 0.2) is 0 Å². The molecule has 5 heteroatoms. The molecule has 1 aliphatic rings. The molecule has 1 saturated carbocycles. The fourth-order valence-corrected chi connectivity index (χ4v) is 3.88. The number of primary amides is 1. The van der Waals surface area contributed by atoms with Gasteiger partial charge < -0.3 is 16.0 Å². The van der Waals surface area contributed by atoms with Crippen molar-refractivity contribution in [3.8, 4) is 22.5 Å². The van der Waals surface area contributed by atoms with Crippen molar-refractivity contribution in [2.24, 2.45) is 5.73 Å². The van der Waals surface area contributed by atoms with Gasteiger partial charge in [-0.3, -0.25) is 4.79 Å². The lowest BCUT2D eigenvalue weighted by atomic mass is 9.93. The van der Waals surface area contributed by atoms with Crippen molar-refractivity contribution in [1.29, 1.82) is 0 Å². The lowest BCUT2D eigenvalue weighted by Crippen LogP contribution is -2.34. The third-order valence-corrected chi connectivity index (χ3v) is 5.92. The van der Waals surface area contributed by atoms with Crippen LogP contribution in [0.25, 0.3) is 33.5 Å². The zero-order chi connectivity index (χ0) is 20.5. The van der Waals surface area contributed by atoms with Gasteiger partial charge in [0.25, 0.3) is 5.91 Å². The number of nitrogens with two attached hydrogens (primary N) is 1. The van der Waals surface area contributed by atoms with E-state index < -0.39 is 5.91 Å². The fraction of sp³-hybridized carbons (Fsp3) is 0.200. The van der Waals surface area contributed by atoms with Gasteiger partial charge in [-0.15, -0.1) is 0 Å². The lowest BCUT2D eigenvalue weighted by molar-refractivity contribution is 0.100. The van der Waals surface area contributed by atoms with Gasteiger partial charge in [0.1, 0.15) is 11.3 Å². The summed E-state index contributed by atoms with van der Waals surface area (Å²) in [4.78, 5) is 19.5. The summed E-state index contributed by atoms with van der Waals surface area (Å²) in [6, 6.07) is 23.1. The number of nitrogens with zero attached hydrogens (tertiary/aromatic N) is 1. The summed E-state index contributed by atoms with van der Waals surface area (Å²) in [6.45, 7) is 0.934. The van der Waals surface area contributed by atoms with Crippen molar-refractivity contribution in [2.45, 2.75) is 31.8 Å². The number of amides is 1. The molecule has 0 unspecified atom stereocenters. The zero-order valence-corrected chi connectivity index (χ0v) is 16.7. The Hall–Kier alpha value is -3.44. The average molecular weight is 396 g/mol. The summed E-state index contributed by atoms with van der Waals surface area (Å²) in [5.74, 6) is 0.253. The third-order valence-electron chi connectivity index (χ3n) is 5.92. The first-order valence-corrected chi connectivity index (χ1v) is 10.4. The van der Waals surface area contributed by atoms with Crippen LogP contribution in [0.3, 0.4) is 0 Å². The molecule has 30 heavy (non-hydrogen) atoms. The van der Waals surface area contributed by atoms with Gasteiger partial charge in [0.2, 0.25) is 0 Å². The van der Waals surface area contributed by atoms with Crippen LogP contribution >= 0.6 is 0 Å². The van der Waals surface area contributed by atoms with Crippen molar-refractivity contribution in [1.82, 2.24) is 15.3 Å². The first kappa shape index (κ1) is 18.6. The van der Waals surface area contributed by atoms with Crippen LogP contribution in [-0.4, -0.2) is 21.9 Å².